The van der Waals surface area contributed by atoms with Crippen molar-refractivity contribution < 1.29 is 18.6 Å². The number of aliphatic hydroxyl groups is 1. The Morgan fingerprint density at radius 3 is 2.82 bits per heavy atom. The summed E-state index contributed by atoms with van der Waals surface area (Å²) >= 11 is 0. The first-order chi connectivity index (χ1) is 8.26. The van der Waals surface area contributed by atoms with Crippen molar-refractivity contribution in [3.63, 3.8) is 0 Å². The minimum atomic E-state index is -0.460. The third kappa shape index (κ3) is 5.32. The number of alkyl halides is 1. The predicted molar refractivity (Wildman–Crippen MR) is 61.1 cm³/mol. The highest BCUT2D eigenvalue weighted by molar-refractivity contribution is 5.40. The molecule has 2 nitrogen and oxygen atoms in total. The second-order valence-electron chi connectivity index (χ2n) is 3.34. The van der Waals surface area contributed by atoms with Gasteiger partial charge in [0.1, 0.15) is 11.6 Å². The highest BCUT2D eigenvalue weighted by Crippen LogP contribution is 2.16. The fourth-order valence-corrected chi connectivity index (χ4v) is 1.18. The fourth-order valence-electron chi connectivity index (χ4n) is 1.18. The zero-order chi connectivity index (χ0) is 12.5. The van der Waals surface area contributed by atoms with Crippen molar-refractivity contribution in [1.29, 1.82) is 0 Å². The maximum absolute atomic E-state index is 13.2. The van der Waals surface area contributed by atoms with Gasteiger partial charge in [-0.3, -0.25) is 4.39 Å². The molecule has 0 aliphatic heterocycles. The molecule has 0 saturated carbocycles. The highest BCUT2D eigenvalue weighted by atomic mass is 19.1. The lowest BCUT2D eigenvalue weighted by Crippen LogP contribution is -1.98. The van der Waals surface area contributed by atoms with Crippen molar-refractivity contribution in [2.75, 3.05) is 19.9 Å². The summed E-state index contributed by atoms with van der Waals surface area (Å²) in [5, 5.41) is 8.56. The van der Waals surface area contributed by atoms with Gasteiger partial charge >= 0.3 is 0 Å². The summed E-state index contributed by atoms with van der Waals surface area (Å²) in [4.78, 5) is 0. The minimum Gasteiger partial charge on any atom is -0.493 e. The van der Waals surface area contributed by atoms with Crippen molar-refractivity contribution in [2.45, 2.75) is 12.8 Å². The Morgan fingerprint density at radius 1 is 1.29 bits per heavy atom. The minimum absolute atomic E-state index is 0.0256. The second-order valence-corrected chi connectivity index (χ2v) is 3.34. The molecule has 17 heavy (non-hydrogen) atoms. The maximum Gasteiger partial charge on any atom is 0.128 e. The van der Waals surface area contributed by atoms with Crippen LogP contribution < -0.4 is 4.74 Å². The number of hydrogen-bond donors (Lipinski definition) is 1. The van der Waals surface area contributed by atoms with Crippen LogP contribution in [-0.2, 0) is 0 Å². The quantitative estimate of drug-likeness (QED) is 0.632. The lowest BCUT2D eigenvalue weighted by Gasteiger charge is -2.05. The SMILES string of the molecule is OCCC#Cc1cc(F)cc(OCCCF)c1. The van der Waals surface area contributed by atoms with Gasteiger partial charge in [-0.25, -0.2) is 4.39 Å². The average molecular weight is 240 g/mol. The van der Waals surface area contributed by atoms with E-state index < -0.39 is 12.5 Å². The van der Waals surface area contributed by atoms with Crippen LogP contribution in [0.25, 0.3) is 0 Å². The predicted octanol–water partition coefficient (Wildman–Crippen LogP) is 2.30. The molecule has 0 atom stereocenters. The first kappa shape index (κ1) is 13.5. The van der Waals surface area contributed by atoms with Gasteiger partial charge in [0.25, 0.3) is 0 Å². The summed E-state index contributed by atoms with van der Waals surface area (Å²) in [5.41, 5.74) is 0.480. The van der Waals surface area contributed by atoms with E-state index in [9.17, 15) is 8.78 Å². The Bertz CT molecular complexity index is 408. The topological polar surface area (TPSA) is 29.5 Å². The van der Waals surface area contributed by atoms with E-state index in [0.717, 1.165) is 0 Å². The van der Waals surface area contributed by atoms with Crippen LogP contribution in [0.15, 0.2) is 18.2 Å². The molecule has 92 valence electrons. The molecule has 1 aromatic carbocycles. The molecule has 1 rings (SSSR count). The van der Waals surface area contributed by atoms with Crippen molar-refractivity contribution in [2.24, 2.45) is 0 Å². The first-order valence-corrected chi connectivity index (χ1v) is 5.35. The molecule has 0 aliphatic carbocycles. The second kappa shape index (κ2) is 7.64. The van der Waals surface area contributed by atoms with E-state index >= 15 is 0 Å². The van der Waals surface area contributed by atoms with Gasteiger partial charge in [0.2, 0.25) is 0 Å². The molecule has 0 fully saturated rings. The molecule has 0 aromatic heterocycles. The molecule has 0 aliphatic rings. The molecule has 0 amide bonds. The van der Waals surface area contributed by atoms with E-state index in [1.54, 1.807) is 6.07 Å². The van der Waals surface area contributed by atoms with E-state index in [1.807, 2.05) is 0 Å². The van der Waals surface area contributed by atoms with Crippen molar-refractivity contribution in [3.05, 3.63) is 29.6 Å². The van der Waals surface area contributed by atoms with Gasteiger partial charge in [-0.2, -0.15) is 0 Å². The summed E-state index contributed by atoms with van der Waals surface area (Å²) in [7, 11) is 0. The number of rotatable bonds is 5. The van der Waals surface area contributed by atoms with E-state index in [2.05, 4.69) is 11.8 Å². The Kier molecular flexibility index (Phi) is 6.05. The number of aliphatic hydroxyl groups excluding tert-OH is 1. The van der Waals surface area contributed by atoms with Gasteiger partial charge in [-0.05, 0) is 12.1 Å². The van der Waals surface area contributed by atoms with E-state index in [4.69, 9.17) is 9.84 Å². The van der Waals surface area contributed by atoms with Crippen LogP contribution >= 0.6 is 0 Å². The van der Waals surface area contributed by atoms with Crippen LogP contribution in [0, 0.1) is 17.7 Å². The molecule has 0 spiro atoms. The van der Waals surface area contributed by atoms with Crippen LogP contribution in [0.2, 0.25) is 0 Å². The van der Waals surface area contributed by atoms with Gasteiger partial charge < -0.3 is 9.84 Å². The fraction of sp³-hybridized carbons (Fsp3) is 0.385. The first-order valence-electron chi connectivity index (χ1n) is 5.35. The molecule has 0 unspecified atom stereocenters. The third-order valence-electron chi connectivity index (χ3n) is 1.89. The average Bonchev–Trinajstić information content (AvgIpc) is 2.29. The normalized spacial score (nSPS) is 9.59. The Morgan fingerprint density at radius 2 is 2.12 bits per heavy atom. The highest BCUT2D eigenvalue weighted by Gasteiger charge is 2.00. The molecular weight excluding hydrogens is 226 g/mol. The molecule has 0 heterocycles. The summed E-state index contributed by atoms with van der Waals surface area (Å²) < 4.78 is 30.2. The zero-order valence-corrected chi connectivity index (χ0v) is 9.38. The number of hydrogen-bond acceptors (Lipinski definition) is 2. The molecule has 0 radical (unpaired) electrons. The zero-order valence-electron chi connectivity index (χ0n) is 9.38. The molecule has 0 bridgehead atoms. The monoisotopic (exact) mass is 240 g/mol. The van der Waals surface area contributed by atoms with E-state index in [-0.39, 0.29) is 19.6 Å². The number of benzene rings is 1. The molecular formula is C13H14F2O2. The largest absolute Gasteiger partial charge is 0.493 e. The summed E-state index contributed by atoms with van der Waals surface area (Å²) in [5.74, 6) is 5.30. The molecule has 0 saturated heterocycles. The van der Waals surface area contributed by atoms with Crippen molar-refractivity contribution >= 4 is 0 Å². The van der Waals surface area contributed by atoms with Crippen molar-refractivity contribution in [3.8, 4) is 17.6 Å². The molecule has 1 N–H and O–H groups in total. The van der Waals surface area contributed by atoms with Crippen LogP contribution in [0.5, 0.6) is 5.75 Å². The van der Waals surface area contributed by atoms with Crippen LogP contribution in [0.1, 0.15) is 18.4 Å². The van der Waals surface area contributed by atoms with Crippen molar-refractivity contribution in [1.82, 2.24) is 0 Å². The Labute approximate surface area is 99.2 Å². The third-order valence-corrected chi connectivity index (χ3v) is 1.89. The lowest BCUT2D eigenvalue weighted by atomic mass is 10.2. The summed E-state index contributed by atoms with van der Waals surface area (Å²) in [6, 6.07) is 4.10. The van der Waals surface area contributed by atoms with Crippen LogP contribution in [0.4, 0.5) is 8.78 Å². The van der Waals surface area contributed by atoms with Gasteiger partial charge in [0.05, 0.1) is 19.9 Å². The number of halogens is 2. The molecule has 4 heteroatoms. The summed E-state index contributed by atoms with van der Waals surface area (Å²) in [6.07, 6.45) is 0.622. The standard InChI is InChI=1S/C13H14F2O2/c14-5-3-7-17-13-9-11(4-1-2-6-16)8-12(15)10-13/h8-10,16H,2-3,5-7H2. The Balaban J connectivity index is 2.69. The van der Waals surface area contributed by atoms with Gasteiger partial charge in [-0.1, -0.05) is 11.8 Å². The van der Waals surface area contributed by atoms with E-state index in [0.29, 0.717) is 17.7 Å². The number of ether oxygens (including phenoxy) is 1. The molecule has 1 aromatic rings. The van der Waals surface area contributed by atoms with Gasteiger partial charge in [-0.15, -0.1) is 0 Å². The van der Waals surface area contributed by atoms with E-state index in [1.165, 1.54) is 12.1 Å². The van der Waals surface area contributed by atoms with Crippen LogP contribution in [-0.4, -0.2) is 25.0 Å². The lowest BCUT2D eigenvalue weighted by molar-refractivity contribution is 0.288. The maximum atomic E-state index is 13.2. The van der Waals surface area contributed by atoms with Gasteiger partial charge in [0.15, 0.2) is 0 Å². The smallest absolute Gasteiger partial charge is 0.128 e. The van der Waals surface area contributed by atoms with Gasteiger partial charge in [0, 0.05) is 24.5 Å². The Hall–Kier alpha value is -1.60. The summed E-state index contributed by atoms with van der Waals surface area (Å²) in [6.45, 7) is -0.274. The van der Waals surface area contributed by atoms with Crippen LogP contribution in [0.3, 0.4) is 0 Å².